The van der Waals surface area contributed by atoms with Gasteiger partial charge in [0.25, 0.3) is 5.56 Å². The number of hydrogen-bond donors (Lipinski definition) is 0. The molecule has 0 spiro atoms. The molecule has 7 heteroatoms. The van der Waals surface area contributed by atoms with Crippen LogP contribution in [0.5, 0.6) is 0 Å². The number of hydrogen-bond acceptors (Lipinski definition) is 2. The fourth-order valence-electron chi connectivity index (χ4n) is 2.39. The second kappa shape index (κ2) is 5.38. The molecule has 0 aliphatic carbocycles. The smallest absolute Gasteiger partial charge is 0.268 e. The van der Waals surface area contributed by atoms with Crippen LogP contribution >= 0.6 is 11.6 Å². The second-order valence-electron chi connectivity index (χ2n) is 4.98. The Morgan fingerprint density at radius 1 is 1.13 bits per heavy atom. The highest BCUT2D eigenvalue weighted by Gasteiger charge is 2.31. The third-order valence-corrected chi connectivity index (χ3v) is 3.78. The number of halogens is 4. The molecule has 0 aliphatic rings. The number of para-hydroxylation sites is 1. The number of aromatic nitrogens is 2. The summed E-state index contributed by atoms with van der Waals surface area (Å²) >= 11 is 6.02. The molecule has 118 valence electrons. The first-order valence-corrected chi connectivity index (χ1v) is 7.02. The van der Waals surface area contributed by atoms with Gasteiger partial charge in [-0.05, 0) is 37.3 Å². The van der Waals surface area contributed by atoms with Crippen LogP contribution in [0.1, 0.15) is 11.4 Å². The van der Waals surface area contributed by atoms with Crippen LogP contribution < -0.4 is 5.56 Å². The summed E-state index contributed by atoms with van der Waals surface area (Å²) in [4.78, 5) is 16.9. The Morgan fingerprint density at radius 3 is 2.52 bits per heavy atom. The van der Waals surface area contributed by atoms with E-state index < -0.39 is 17.3 Å². The number of alkyl halides is 3. The number of nitrogens with zero attached hydrogens (tertiary/aromatic N) is 2. The highest BCUT2D eigenvalue weighted by atomic mass is 35.5. The van der Waals surface area contributed by atoms with Gasteiger partial charge < -0.3 is 0 Å². The summed E-state index contributed by atoms with van der Waals surface area (Å²) in [5.74, 6) is 0.259. The van der Waals surface area contributed by atoms with E-state index in [1.807, 2.05) is 0 Å². The van der Waals surface area contributed by atoms with Gasteiger partial charge in [-0.25, -0.2) is 4.98 Å². The molecule has 1 aromatic heterocycles. The van der Waals surface area contributed by atoms with Crippen LogP contribution in [0.3, 0.4) is 0 Å². The molecule has 2 aromatic carbocycles. The van der Waals surface area contributed by atoms with Gasteiger partial charge in [0.05, 0.1) is 27.2 Å². The summed E-state index contributed by atoms with van der Waals surface area (Å²) in [6.07, 6.45) is -4.53. The van der Waals surface area contributed by atoms with E-state index in [0.717, 1.165) is 22.8 Å². The van der Waals surface area contributed by atoms with E-state index in [9.17, 15) is 18.0 Å². The first-order valence-electron chi connectivity index (χ1n) is 6.64. The molecule has 3 nitrogen and oxygen atoms in total. The Bertz CT molecular complexity index is 964. The average Bonchev–Trinajstić information content (AvgIpc) is 2.48. The Labute approximate surface area is 134 Å². The minimum atomic E-state index is -4.53. The molecule has 0 bridgehead atoms. The van der Waals surface area contributed by atoms with Crippen LogP contribution in [0.15, 0.2) is 47.3 Å². The molecular formula is C16H10ClF3N2O. The molecule has 0 saturated carbocycles. The van der Waals surface area contributed by atoms with Crippen molar-refractivity contribution in [3.63, 3.8) is 0 Å². The molecule has 0 fully saturated rings. The minimum Gasteiger partial charge on any atom is -0.268 e. The third kappa shape index (κ3) is 2.70. The van der Waals surface area contributed by atoms with E-state index in [1.165, 1.54) is 0 Å². The first-order chi connectivity index (χ1) is 10.8. The van der Waals surface area contributed by atoms with E-state index in [-0.39, 0.29) is 16.5 Å². The van der Waals surface area contributed by atoms with Gasteiger partial charge in [-0.15, -0.1) is 0 Å². The largest absolute Gasteiger partial charge is 0.416 e. The Hall–Kier alpha value is -2.34. The molecule has 0 saturated heterocycles. The summed E-state index contributed by atoms with van der Waals surface area (Å²) in [5, 5.41) is 0.354. The molecule has 0 radical (unpaired) electrons. The molecule has 0 atom stereocenters. The topological polar surface area (TPSA) is 34.9 Å². The second-order valence-corrected chi connectivity index (χ2v) is 5.39. The Balaban J connectivity index is 2.35. The molecule has 0 amide bonds. The highest BCUT2D eigenvalue weighted by Crippen LogP contribution is 2.33. The van der Waals surface area contributed by atoms with Crippen molar-refractivity contribution >= 4 is 22.5 Å². The van der Waals surface area contributed by atoms with Crippen LogP contribution in [0, 0.1) is 6.92 Å². The number of rotatable bonds is 1. The highest BCUT2D eigenvalue weighted by molar-refractivity contribution is 6.32. The van der Waals surface area contributed by atoms with E-state index in [4.69, 9.17) is 11.6 Å². The summed E-state index contributed by atoms with van der Waals surface area (Å²) in [5.41, 5.74) is -0.901. The molecule has 23 heavy (non-hydrogen) atoms. The van der Waals surface area contributed by atoms with E-state index in [2.05, 4.69) is 4.98 Å². The predicted molar refractivity (Wildman–Crippen MR) is 82.1 cm³/mol. The van der Waals surface area contributed by atoms with Crippen molar-refractivity contribution in [2.75, 3.05) is 0 Å². The van der Waals surface area contributed by atoms with Crippen LogP contribution in [0.25, 0.3) is 16.6 Å². The van der Waals surface area contributed by atoms with Gasteiger partial charge in [-0.1, -0.05) is 23.7 Å². The lowest BCUT2D eigenvalue weighted by Gasteiger charge is -2.14. The van der Waals surface area contributed by atoms with Crippen molar-refractivity contribution in [3.8, 4) is 5.69 Å². The van der Waals surface area contributed by atoms with Crippen molar-refractivity contribution < 1.29 is 13.2 Å². The molecule has 0 unspecified atom stereocenters. The van der Waals surface area contributed by atoms with Gasteiger partial charge in [0.1, 0.15) is 5.82 Å². The fourth-order valence-corrected chi connectivity index (χ4v) is 2.59. The normalized spacial score (nSPS) is 11.9. The molecule has 0 aliphatic heterocycles. The van der Waals surface area contributed by atoms with Gasteiger partial charge >= 0.3 is 6.18 Å². The zero-order chi connectivity index (χ0) is 16.8. The van der Waals surface area contributed by atoms with Crippen LogP contribution in [-0.4, -0.2) is 9.55 Å². The molecule has 3 aromatic rings. The molecule has 0 N–H and O–H groups in total. The number of benzene rings is 2. The van der Waals surface area contributed by atoms with Crippen molar-refractivity contribution in [1.29, 1.82) is 0 Å². The summed E-state index contributed by atoms with van der Waals surface area (Å²) < 4.78 is 39.9. The quantitative estimate of drug-likeness (QED) is 0.660. The Kier molecular flexibility index (Phi) is 3.64. The minimum absolute atomic E-state index is 0.0396. The van der Waals surface area contributed by atoms with E-state index >= 15 is 0 Å². The van der Waals surface area contributed by atoms with Crippen molar-refractivity contribution in [2.45, 2.75) is 13.1 Å². The number of fused-ring (bicyclic) bond motifs is 1. The van der Waals surface area contributed by atoms with Gasteiger partial charge in [0.2, 0.25) is 0 Å². The lowest BCUT2D eigenvalue weighted by Crippen LogP contribution is -2.23. The van der Waals surface area contributed by atoms with E-state index in [1.54, 1.807) is 31.2 Å². The van der Waals surface area contributed by atoms with Crippen LogP contribution in [0.4, 0.5) is 13.2 Å². The summed E-state index contributed by atoms with van der Waals surface area (Å²) in [6.45, 7) is 1.55. The number of aryl methyl sites for hydroxylation is 1. The molecule has 1 heterocycles. The fraction of sp³-hybridized carbons (Fsp3) is 0.125. The Morgan fingerprint density at radius 2 is 1.83 bits per heavy atom. The van der Waals surface area contributed by atoms with Crippen molar-refractivity contribution in [3.05, 3.63) is 69.2 Å². The van der Waals surface area contributed by atoms with Gasteiger partial charge in [0.15, 0.2) is 0 Å². The third-order valence-electron chi connectivity index (χ3n) is 3.46. The van der Waals surface area contributed by atoms with Gasteiger partial charge in [-0.3, -0.25) is 9.36 Å². The maximum absolute atomic E-state index is 12.9. The van der Waals surface area contributed by atoms with Gasteiger partial charge in [0, 0.05) is 0 Å². The predicted octanol–water partition coefficient (Wildman–Crippen LogP) is 4.37. The standard InChI is InChI=1S/C16H10ClF3N2O/c1-9-21-13-5-3-2-4-11(13)15(23)22(9)14-8-10(16(18,19)20)6-7-12(14)17/h2-8H,1H3. The van der Waals surface area contributed by atoms with E-state index in [0.29, 0.717) is 10.9 Å². The zero-order valence-corrected chi connectivity index (χ0v) is 12.6. The lowest BCUT2D eigenvalue weighted by atomic mass is 10.1. The molecular weight excluding hydrogens is 329 g/mol. The van der Waals surface area contributed by atoms with Crippen LogP contribution in [0.2, 0.25) is 5.02 Å². The lowest BCUT2D eigenvalue weighted by molar-refractivity contribution is -0.137. The average molecular weight is 339 g/mol. The van der Waals surface area contributed by atoms with Gasteiger partial charge in [-0.2, -0.15) is 13.2 Å². The monoisotopic (exact) mass is 338 g/mol. The SMILES string of the molecule is Cc1nc2ccccc2c(=O)n1-c1cc(C(F)(F)F)ccc1Cl. The zero-order valence-electron chi connectivity index (χ0n) is 11.9. The molecule has 3 rings (SSSR count). The van der Waals surface area contributed by atoms with Crippen LogP contribution in [-0.2, 0) is 6.18 Å². The summed E-state index contributed by atoms with van der Waals surface area (Å²) in [7, 11) is 0. The van der Waals surface area contributed by atoms with Crippen molar-refractivity contribution in [1.82, 2.24) is 9.55 Å². The maximum Gasteiger partial charge on any atom is 0.416 e. The first kappa shape index (κ1) is 15.6. The maximum atomic E-state index is 12.9. The van der Waals surface area contributed by atoms with Crippen molar-refractivity contribution in [2.24, 2.45) is 0 Å². The summed E-state index contributed by atoms with van der Waals surface area (Å²) in [6, 6.07) is 9.49.